The molecule has 1 saturated heterocycles. The minimum atomic E-state index is -1.44. The molecule has 2 aliphatic heterocycles. The molecule has 3 aromatic rings. The number of nitrogens with zero attached hydrogens (tertiary/aromatic N) is 3. The molecule has 7 rings (SSSR count). The van der Waals surface area contributed by atoms with Crippen LogP contribution in [0.4, 0.5) is 4.79 Å². The van der Waals surface area contributed by atoms with Crippen molar-refractivity contribution in [1.29, 1.82) is 0 Å². The van der Waals surface area contributed by atoms with Crippen LogP contribution in [-0.2, 0) is 19.1 Å². The van der Waals surface area contributed by atoms with Crippen LogP contribution in [0.5, 0.6) is 11.5 Å². The highest BCUT2D eigenvalue weighted by Crippen LogP contribution is 2.45. The molecule has 5 atom stereocenters. The summed E-state index contributed by atoms with van der Waals surface area (Å²) in [6.45, 7) is 0.0438. The highest BCUT2D eigenvalue weighted by Gasteiger charge is 2.61. The fraction of sp³-hybridized carbons (Fsp3) is 0.514. The van der Waals surface area contributed by atoms with Gasteiger partial charge in [-0.15, -0.1) is 11.3 Å². The number of benzene rings is 1. The highest BCUT2D eigenvalue weighted by molar-refractivity contribution is 7.07. The minimum absolute atomic E-state index is 0.0438. The first-order valence-electron chi connectivity index (χ1n) is 17.8. The van der Waals surface area contributed by atoms with Crippen molar-refractivity contribution in [3.63, 3.8) is 0 Å². The van der Waals surface area contributed by atoms with E-state index in [2.05, 4.69) is 15.6 Å². The first-order valence-corrected chi connectivity index (χ1v) is 18.7. The van der Waals surface area contributed by atoms with E-state index in [4.69, 9.17) is 19.2 Å². The Kier molecular flexibility index (Phi) is 10.1. The van der Waals surface area contributed by atoms with Gasteiger partial charge in [0.1, 0.15) is 41.3 Å². The number of thiazole rings is 1. The molecule has 0 radical (unpaired) electrons. The summed E-state index contributed by atoms with van der Waals surface area (Å²) in [7, 11) is 1.58. The Hall–Kier alpha value is -4.72. The topological polar surface area (TPSA) is 169 Å². The molecule has 1 aromatic carbocycles. The zero-order valence-electron chi connectivity index (χ0n) is 28.5. The Labute approximate surface area is 299 Å². The number of carboxylic acid groups (broad SMARTS) is 1. The van der Waals surface area contributed by atoms with Gasteiger partial charge in [-0.1, -0.05) is 25.0 Å². The van der Waals surface area contributed by atoms with Crippen LogP contribution in [0.3, 0.4) is 0 Å². The molecule has 2 unspecified atom stereocenters. The maximum absolute atomic E-state index is 14.4. The summed E-state index contributed by atoms with van der Waals surface area (Å²) in [5.74, 6) is -1.33. The summed E-state index contributed by atoms with van der Waals surface area (Å²) in [5, 5.41) is 18.4. The number of carbonyl (C=O) groups is 4. The van der Waals surface area contributed by atoms with Crippen LogP contribution >= 0.6 is 11.3 Å². The van der Waals surface area contributed by atoms with Gasteiger partial charge in [-0.3, -0.25) is 9.59 Å². The second-order valence-electron chi connectivity index (χ2n) is 13.9. The van der Waals surface area contributed by atoms with Crippen molar-refractivity contribution in [2.45, 2.75) is 100 Å². The number of amides is 3. The first-order chi connectivity index (χ1) is 24.7. The third-order valence-corrected chi connectivity index (χ3v) is 11.0. The molecule has 2 saturated carbocycles. The Morgan fingerprint density at radius 1 is 1.06 bits per heavy atom. The SMILES string of the molecule is COc1ccc2c(O[C@@H]3C[C@H]4C(=O)NC5(C(=O)O)CC5/C=C\CCCCC[C@H](NC(=O)OC5CCCC5)C(=O)N4C3)cc(-c3cscn3)nc2c1. The van der Waals surface area contributed by atoms with Crippen molar-refractivity contribution >= 4 is 46.1 Å². The van der Waals surface area contributed by atoms with Gasteiger partial charge in [-0.05, 0) is 63.5 Å². The van der Waals surface area contributed by atoms with E-state index in [0.717, 1.165) is 44.9 Å². The van der Waals surface area contributed by atoms with Crippen molar-refractivity contribution in [2.24, 2.45) is 5.92 Å². The number of fused-ring (bicyclic) bond motifs is 3. The highest BCUT2D eigenvalue weighted by atomic mass is 32.1. The fourth-order valence-electron chi connectivity index (χ4n) is 7.53. The van der Waals surface area contributed by atoms with Gasteiger partial charge in [0.25, 0.3) is 0 Å². The van der Waals surface area contributed by atoms with Crippen molar-refractivity contribution in [3.8, 4) is 22.9 Å². The number of pyridine rings is 1. The molecule has 3 amide bonds. The van der Waals surface area contributed by atoms with Gasteiger partial charge < -0.3 is 34.9 Å². The summed E-state index contributed by atoms with van der Waals surface area (Å²) in [6, 6.07) is 5.30. The lowest BCUT2D eigenvalue weighted by Crippen LogP contribution is -2.56. The number of methoxy groups -OCH3 is 1. The number of alkyl carbamates (subject to hydrolysis) is 1. The molecule has 2 aromatic heterocycles. The Balaban J connectivity index is 1.20. The minimum Gasteiger partial charge on any atom is -0.497 e. The molecule has 4 aliphatic rings. The van der Waals surface area contributed by atoms with E-state index in [-0.39, 0.29) is 31.4 Å². The number of ether oxygens (including phenoxy) is 3. The second kappa shape index (κ2) is 14.9. The predicted molar refractivity (Wildman–Crippen MR) is 188 cm³/mol. The Morgan fingerprint density at radius 2 is 1.88 bits per heavy atom. The average molecular weight is 718 g/mol. The van der Waals surface area contributed by atoms with Crippen LogP contribution in [0.2, 0.25) is 0 Å². The van der Waals surface area contributed by atoms with Crippen molar-refractivity contribution in [2.75, 3.05) is 13.7 Å². The van der Waals surface area contributed by atoms with Crippen LogP contribution in [0.25, 0.3) is 22.3 Å². The normalized spacial score (nSPS) is 27.7. The van der Waals surface area contributed by atoms with Crippen LogP contribution in [0, 0.1) is 5.92 Å². The summed E-state index contributed by atoms with van der Waals surface area (Å²) in [6.07, 6.45) is 9.80. The van der Waals surface area contributed by atoms with Crippen LogP contribution in [-0.4, -0.2) is 87.3 Å². The van der Waals surface area contributed by atoms with E-state index in [9.17, 15) is 24.3 Å². The largest absolute Gasteiger partial charge is 0.497 e. The number of carboxylic acids is 1. The quantitative estimate of drug-likeness (QED) is 0.275. The number of carbonyl (C=O) groups excluding carboxylic acids is 3. The predicted octanol–water partition coefficient (Wildman–Crippen LogP) is 5.23. The van der Waals surface area contributed by atoms with E-state index in [1.54, 1.807) is 24.8 Å². The number of hydrogen-bond acceptors (Lipinski definition) is 10. The summed E-state index contributed by atoms with van der Waals surface area (Å²) >= 11 is 1.44. The molecule has 3 N–H and O–H groups in total. The number of aliphatic carboxylic acids is 1. The van der Waals surface area contributed by atoms with Gasteiger partial charge in [0.05, 0.1) is 36.1 Å². The van der Waals surface area contributed by atoms with Gasteiger partial charge in [-0.25, -0.2) is 19.6 Å². The molecule has 14 heteroatoms. The lowest BCUT2D eigenvalue weighted by Gasteiger charge is -2.29. The van der Waals surface area contributed by atoms with Crippen LogP contribution in [0.1, 0.15) is 70.6 Å². The maximum atomic E-state index is 14.4. The van der Waals surface area contributed by atoms with Gasteiger partial charge >= 0.3 is 12.1 Å². The van der Waals surface area contributed by atoms with E-state index in [1.165, 1.54) is 16.2 Å². The molecular weight excluding hydrogens is 675 g/mol. The standard InChI is InChI=1S/C37H43N5O8S/c1-48-24-13-14-26-28(15-24)39-29(30-20-51-21-38-30)17-32(26)49-25-16-31-33(43)41-37(35(45)46)18-22(37)9-5-3-2-4-6-12-27(34(44)42(31)19-25)40-36(47)50-23-10-7-8-11-23/h5,9,13-15,17,20-23,25,27,31H,2-4,6-8,10-12,16,18-19H2,1H3,(H,40,47)(H,41,43)(H,45,46)/b9-5-/t22?,25-,27+,31+,37?/m1/s1. The first kappa shape index (κ1) is 34.7. The lowest BCUT2D eigenvalue weighted by molar-refractivity contribution is -0.145. The molecule has 3 fully saturated rings. The lowest BCUT2D eigenvalue weighted by atomic mass is 10.0. The zero-order chi connectivity index (χ0) is 35.5. The number of nitrogens with one attached hydrogen (secondary N) is 2. The molecule has 4 heterocycles. The zero-order valence-corrected chi connectivity index (χ0v) is 29.4. The monoisotopic (exact) mass is 717 g/mol. The molecule has 270 valence electrons. The van der Waals surface area contributed by atoms with Gasteiger partial charge in [0.2, 0.25) is 11.8 Å². The number of rotatable bonds is 7. The molecule has 0 bridgehead atoms. The number of aromatic nitrogens is 2. The van der Waals surface area contributed by atoms with Gasteiger partial charge in [0.15, 0.2) is 0 Å². The van der Waals surface area contributed by atoms with E-state index < -0.39 is 47.6 Å². The van der Waals surface area contributed by atoms with Crippen molar-refractivity contribution < 1.29 is 38.5 Å². The van der Waals surface area contributed by atoms with E-state index in [0.29, 0.717) is 46.6 Å². The smallest absolute Gasteiger partial charge is 0.408 e. The maximum Gasteiger partial charge on any atom is 0.408 e. The van der Waals surface area contributed by atoms with Crippen LogP contribution in [0.15, 0.2) is 47.3 Å². The van der Waals surface area contributed by atoms with Crippen LogP contribution < -0.4 is 20.1 Å². The average Bonchev–Trinajstić information content (AvgIpc) is 3.61. The molecule has 51 heavy (non-hydrogen) atoms. The van der Waals surface area contributed by atoms with Gasteiger partial charge in [-0.2, -0.15) is 0 Å². The van der Waals surface area contributed by atoms with Crippen molar-refractivity contribution in [3.05, 3.63) is 47.3 Å². The number of allylic oxidation sites excluding steroid dienone is 1. The fourth-order valence-corrected chi connectivity index (χ4v) is 8.08. The second-order valence-corrected chi connectivity index (χ2v) is 14.6. The number of hydrogen-bond donors (Lipinski definition) is 3. The van der Waals surface area contributed by atoms with E-state index >= 15 is 0 Å². The summed E-state index contributed by atoms with van der Waals surface area (Å²) in [5.41, 5.74) is 2.17. The molecular formula is C37H43N5O8S. The molecule has 2 aliphatic carbocycles. The summed E-state index contributed by atoms with van der Waals surface area (Å²) in [4.78, 5) is 64.7. The molecule has 13 nitrogen and oxygen atoms in total. The third-order valence-electron chi connectivity index (χ3n) is 10.5. The Morgan fingerprint density at radius 3 is 2.65 bits per heavy atom. The molecule has 0 spiro atoms. The summed E-state index contributed by atoms with van der Waals surface area (Å²) < 4.78 is 17.7. The van der Waals surface area contributed by atoms with E-state index in [1.807, 2.05) is 29.7 Å². The third kappa shape index (κ3) is 7.51. The van der Waals surface area contributed by atoms with Crippen molar-refractivity contribution in [1.82, 2.24) is 25.5 Å². The van der Waals surface area contributed by atoms with Gasteiger partial charge in [0, 0.05) is 35.2 Å². The Bertz CT molecular complexity index is 1810.